The predicted molar refractivity (Wildman–Crippen MR) is 71.2 cm³/mol. The third kappa shape index (κ3) is 3.23. The van der Waals surface area contributed by atoms with Crippen LogP contribution in [0.15, 0.2) is 18.2 Å². The number of hydrogen-bond acceptors (Lipinski definition) is 3. The van der Waals surface area contributed by atoms with Gasteiger partial charge < -0.3 is 16.0 Å². The van der Waals surface area contributed by atoms with Crippen molar-refractivity contribution in [3.63, 3.8) is 0 Å². The number of aryl methyl sites for hydroxylation is 1. The van der Waals surface area contributed by atoms with Gasteiger partial charge in [0.15, 0.2) is 0 Å². The van der Waals surface area contributed by atoms with Crippen molar-refractivity contribution in [2.75, 3.05) is 25.9 Å². The van der Waals surface area contributed by atoms with E-state index in [1.807, 2.05) is 13.8 Å². The van der Waals surface area contributed by atoms with Crippen molar-refractivity contribution in [3.05, 3.63) is 29.3 Å². The number of amides is 2. The molecule has 1 aromatic rings. The highest BCUT2D eigenvalue weighted by atomic mass is 16.2. The summed E-state index contributed by atoms with van der Waals surface area (Å²) in [5.41, 5.74) is 7.67. The number of benzene rings is 1. The van der Waals surface area contributed by atoms with Gasteiger partial charge in [0.05, 0.1) is 6.54 Å². The van der Waals surface area contributed by atoms with E-state index < -0.39 is 0 Å². The van der Waals surface area contributed by atoms with Crippen LogP contribution in [-0.4, -0.2) is 36.9 Å². The van der Waals surface area contributed by atoms with Crippen molar-refractivity contribution < 1.29 is 9.59 Å². The Hall–Kier alpha value is -2.04. The van der Waals surface area contributed by atoms with Crippen molar-refractivity contribution in [1.82, 2.24) is 10.2 Å². The van der Waals surface area contributed by atoms with Crippen LogP contribution in [0.25, 0.3) is 0 Å². The molecule has 1 rings (SSSR count). The first-order valence-corrected chi connectivity index (χ1v) is 5.85. The van der Waals surface area contributed by atoms with Gasteiger partial charge in [-0.25, -0.2) is 0 Å². The molecule has 5 nitrogen and oxygen atoms in total. The Morgan fingerprint density at radius 1 is 1.39 bits per heavy atom. The fourth-order valence-electron chi connectivity index (χ4n) is 1.68. The van der Waals surface area contributed by atoms with Crippen LogP contribution in [-0.2, 0) is 4.79 Å². The fraction of sp³-hybridized carbons (Fsp3) is 0.385. The molecule has 0 aliphatic rings. The van der Waals surface area contributed by atoms with Crippen LogP contribution in [0.4, 0.5) is 5.69 Å². The van der Waals surface area contributed by atoms with E-state index in [0.29, 0.717) is 17.8 Å². The number of rotatable bonds is 4. The molecule has 0 unspecified atom stereocenters. The molecule has 0 aromatic heterocycles. The predicted octanol–water partition coefficient (Wildman–Crippen LogP) is 0.785. The highest BCUT2D eigenvalue weighted by molar-refractivity contribution is 5.98. The molecule has 1 aromatic carbocycles. The topological polar surface area (TPSA) is 75.4 Å². The Balaban J connectivity index is 2.93. The van der Waals surface area contributed by atoms with Crippen molar-refractivity contribution >= 4 is 17.5 Å². The maximum absolute atomic E-state index is 12.3. The molecule has 98 valence electrons. The van der Waals surface area contributed by atoms with E-state index in [-0.39, 0.29) is 18.4 Å². The SMILES string of the molecule is CCN(CC(=O)NC)C(=O)c1ccc(N)cc1C. The normalized spacial score (nSPS) is 9.94. The van der Waals surface area contributed by atoms with Crippen LogP contribution in [0.2, 0.25) is 0 Å². The first-order chi connectivity index (χ1) is 8.49. The van der Waals surface area contributed by atoms with Gasteiger partial charge in [-0.1, -0.05) is 0 Å². The van der Waals surface area contributed by atoms with Crippen LogP contribution in [0.5, 0.6) is 0 Å². The van der Waals surface area contributed by atoms with E-state index in [9.17, 15) is 9.59 Å². The lowest BCUT2D eigenvalue weighted by Gasteiger charge is -2.21. The number of hydrogen-bond donors (Lipinski definition) is 2. The first-order valence-electron chi connectivity index (χ1n) is 5.85. The highest BCUT2D eigenvalue weighted by Crippen LogP contribution is 2.14. The molecule has 0 radical (unpaired) electrons. The van der Waals surface area contributed by atoms with E-state index in [0.717, 1.165) is 5.56 Å². The first kappa shape index (κ1) is 14.0. The zero-order valence-corrected chi connectivity index (χ0v) is 11.0. The number of likely N-dealkylation sites (N-methyl/N-ethyl adjacent to an activating group) is 2. The lowest BCUT2D eigenvalue weighted by Crippen LogP contribution is -2.39. The third-order valence-electron chi connectivity index (χ3n) is 2.76. The quantitative estimate of drug-likeness (QED) is 0.774. The molecule has 2 amide bonds. The molecule has 0 bridgehead atoms. The summed E-state index contributed by atoms with van der Waals surface area (Å²) in [5.74, 6) is -0.336. The summed E-state index contributed by atoms with van der Waals surface area (Å²) in [7, 11) is 1.55. The number of nitrogens with two attached hydrogens (primary N) is 1. The summed E-state index contributed by atoms with van der Waals surface area (Å²) in [6.45, 7) is 4.22. The summed E-state index contributed by atoms with van der Waals surface area (Å²) in [6, 6.07) is 5.13. The molecule has 18 heavy (non-hydrogen) atoms. The number of carbonyl (C=O) groups excluding carboxylic acids is 2. The number of anilines is 1. The Labute approximate surface area is 107 Å². The summed E-state index contributed by atoms with van der Waals surface area (Å²) in [4.78, 5) is 25.1. The molecule has 0 spiro atoms. The molecule has 0 aliphatic heterocycles. The second-order valence-corrected chi connectivity index (χ2v) is 4.07. The Bertz CT molecular complexity index is 458. The Morgan fingerprint density at radius 3 is 2.56 bits per heavy atom. The van der Waals surface area contributed by atoms with E-state index in [2.05, 4.69) is 5.32 Å². The van der Waals surface area contributed by atoms with Gasteiger partial charge in [0.2, 0.25) is 5.91 Å². The van der Waals surface area contributed by atoms with Gasteiger partial charge >= 0.3 is 0 Å². The fourth-order valence-corrected chi connectivity index (χ4v) is 1.68. The van der Waals surface area contributed by atoms with Gasteiger partial charge in [-0.15, -0.1) is 0 Å². The van der Waals surface area contributed by atoms with Gasteiger partial charge in [-0.2, -0.15) is 0 Å². The highest BCUT2D eigenvalue weighted by Gasteiger charge is 2.18. The smallest absolute Gasteiger partial charge is 0.254 e. The van der Waals surface area contributed by atoms with Crippen LogP contribution in [0, 0.1) is 6.92 Å². The van der Waals surface area contributed by atoms with Crippen LogP contribution < -0.4 is 11.1 Å². The summed E-state index contributed by atoms with van der Waals surface area (Å²) in [6.07, 6.45) is 0. The zero-order chi connectivity index (χ0) is 13.7. The number of nitrogen functional groups attached to an aromatic ring is 1. The minimum absolute atomic E-state index is 0.0651. The lowest BCUT2D eigenvalue weighted by atomic mass is 10.1. The summed E-state index contributed by atoms with van der Waals surface area (Å²) in [5, 5.41) is 2.51. The molecule has 0 saturated heterocycles. The van der Waals surface area contributed by atoms with E-state index in [1.165, 1.54) is 4.90 Å². The summed E-state index contributed by atoms with van der Waals surface area (Å²) >= 11 is 0. The molecule has 5 heteroatoms. The second kappa shape index (κ2) is 6.05. The van der Waals surface area contributed by atoms with E-state index >= 15 is 0 Å². The largest absolute Gasteiger partial charge is 0.399 e. The standard InChI is InChI=1S/C13H19N3O2/c1-4-16(8-12(17)15-3)13(18)11-6-5-10(14)7-9(11)2/h5-7H,4,8,14H2,1-3H3,(H,15,17). The monoisotopic (exact) mass is 249 g/mol. The zero-order valence-electron chi connectivity index (χ0n) is 11.0. The van der Waals surface area contributed by atoms with Crippen molar-refractivity contribution in [1.29, 1.82) is 0 Å². The lowest BCUT2D eigenvalue weighted by molar-refractivity contribution is -0.121. The van der Waals surface area contributed by atoms with Gasteiger partial charge in [0.1, 0.15) is 0 Å². The van der Waals surface area contributed by atoms with Gasteiger partial charge in [-0.05, 0) is 37.6 Å². The minimum Gasteiger partial charge on any atom is -0.399 e. The van der Waals surface area contributed by atoms with Gasteiger partial charge in [0.25, 0.3) is 5.91 Å². The van der Waals surface area contributed by atoms with Crippen molar-refractivity contribution in [2.24, 2.45) is 0 Å². The maximum Gasteiger partial charge on any atom is 0.254 e. The molecule has 0 saturated carbocycles. The average Bonchev–Trinajstić information content (AvgIpc) is 2.34. The number of nitrogens with one attached hydrogen (secondary N) is 1. The minimum atomic E-state index is -0.182. The van der Waals surface area contributed by atoms with E-state index in [1.54, 1.807) is 25.2 Å². The molecule has 0 atom stereocenters. The number of carbonyl (C=O) groups is 2. The molecular formula is C13H19N3O2. The van der Waals surface area contributed by atoms with Crippen molar-refractivity contribution in [3.8, 4) is 0 Å². The van der Waals surface area contributed by atoms with Gasteiger partial charge in [0, 0.05) is 24.8 Å². The molecule has 0 aliphatic carbocycles. The third-order valence-corrected chi connectivity index (χ3v) is 2.76. The maximum atomic E-state index is 12.3. The Morgan fingerprint density at radius 2 is 2.06 bits per heavy atom. The molecular weight excluding hydrogens is 230 g/mol. The van der Waals surface area contributed by atoms with Crippen LogP contribution in [0.3, 0.4) is 0 Å². The van der Waals surface area contributed by atoms with E-state index in [4.69, 9.17) is 5.73 Å². The molecule has 3 N–H and O–H groups in total. The molecule has 0 fully saturated rings. The van der Waals surface area contributed by atoms with Crippen LogP contribution >= 0.6 is 0 Å². The second-order valence-electron chi connectivity index (χ2n) is 4.07. The average molecular weight is 249 g/mol. The number of nitrogens with zero attached hydrogens (tertiary/aromatic N) is 1. The van der Waals surface area contributed by atoms with Gasteiger partial charge in [-0.3, -0.25) is 9.59 Å². The summed E-state index contributed by atoms with van der Waals surface area (Å²) < 4.78 is 0. The van der Waals surface area contributed by atoms with Crippen LogP contribution in [0.1, 0.15) is 22.8 Å². The molecule has 0 heterocycles. The van der Waals surface area contributed by atoms with Crippen molar-refractivity contribution in [2.45, 2.75) is 13.8 Å². The Kier molecular flexibility index (Phi) is 4.71.